The van der Waals surface area contributed by atoms with E-state index in [0.29, 0.717) is 29.0 Å². The third kappa shape index (κ3) is 2.65. The van der Waals surface area contributed by atoms with E-state index in [-0.39, 0.29) is 2.85 Å². The Bertz CT molecular complexity index is 1020. The van der Waals surface area contributed by atoms with E-state index in [9.17, 15) is 0 Å². The number of hydrogen-bond acceptors (Lipinski definition) is 5. The van der Waals surface area contributed by atoms with Crippen molar-refractivity contribution in [3.8, 4) is 23.1 Å². The molecule has 6 heteroatoms. The minimum atomic E-state index is 0. The number of ether oxygens (including phenoxy) is 1. The summed E-state index contributed by atoms with van der Waals surface area (Å²) in [4.78, 5) is 16.4. The number of H-pyrrole nitrogens is 1. The van der Waals surface area contributed by atoms with Gasteiger partial charge in [-0.25, -0.2) is 15.0 Å². The first-order valence-corrected chi connectivity index (χ1v) is 7.51. The molecule has 0 aliphatic rings. The molecule has 0 amide bonds. The molecule has 2 aromatic carbocycles. The summed E-state index contributed by atoms with van der Waals surface area (Å²) in [6.45, 7) is 2.03. The first kappa shape index (κ1) is 14.2. The molecule has 0 aliphatic heterocycles. The SMILES string of the molecule is Cc1ccc2nc(-c3nc(Oc4ccccc4)cnc3N)[nH]c2c1.[HH].[HH]. The number of nitrogen functional groups attached to an aromatic ring is 1. The van der Waals surface area contributed by atoms with Crippen LogP contribution < -0.4 is 10.5 Å². The van der Waals surface area contributed by atoms with Crippen molar-refractivity contribution in [1.29, 1.82) is 0 Å². The van der Waals surface area contributed by atoms with Gasteiger partial charge < -0.3 is 15.5 Å². The van der Waals surface area contributed by atoms with Crippen LogP contribution >= 0.6 is 0 Å². The van der Waals surface area contributed by atoms with Crippen LogP contribution in [0.25, 0.3) is 22.6 Å². The summed E-state index contributed by atoms with van der Waals surface area (Å²) in [6.07, 6.45) is 1.50. The fourth-order valence-corrected chi connectivity index (χ4v) is 2.45. The van der Waals surface area contributed by atoms with Gasteiger partial charge in [0.1, 0.15) is 5.75 Å². The Morgan fingerprint density at radius 1 is 1.08 bits per heavy atom. The van der Waals surface area contributed by atoms with Crippen molar-refractivity contribution in [1.82, 2.24) is 19.9 Å². The Balaban J connectivity index is 0.00000121. The van der Waals surface area contributed by atoms with Crippen LogP contribution in [-0.2, 0) is 0 Å². The molecule has 2 heterocycles. The summed E-state index contributed by atoms with van der Waals surface area (Å²) in [7, 11) is 0. The second kappa shape index (κ2) is 5.66. The first-order valence-electron chi connectivity index (χ1n) is 7.51. The number of nitrogens with zero attached hydrogens (tertiary/aromatic N) is 3. The molecule has 3 N–H and O–H groups in total. The molecule has 6 nitrogen and oxygen atoms in total. The Kier molecular flexibility index (Phi) is 3.35. The van der Waals surface area contributed by atoms with E-state index in [4.69, 9.17) is 10.5 Å². The van der Waals surface area contributed by atoms with Crippen LogP contribution in [0.15, 0.2) is 54.7 Å². The summed E-state index contributed by atoms with van der Waals surface area (Å²) in [6, 6.07) is 15.4. The Morgan fingerprint density at radius 3 is 2.75 bits per heavy atom. The van der Waals surface area contributed by atoms with Gasteiger partial charge in [-0.1, -0.05) is 24.3 Å². The fourth-order valence-electron chi connectivity index (χ4n) is 2.45. The largest absolute Gasteiger partial charge is 0.437 e. The van der Waals surface area contributed by atoms with E-state index in [0.717, 1.165) is 16.6 Å². The van der Waals surface area contributed by atoms with Crippen LogP contribution in [0.2, 0.25) is 0 Å². The molecule has 4 aromatic rings. The highest BCUT2D eigenvalue weighted by molar-refractivity contribution is 5.81. The molecule has 0 saturated carbocycles. The van der Waals surface area contributed by atoms with Crippen LogP contribution in [0, 0.1) is 6.92 Å². The topological polar surface area (TPSA) is 89.7 Å². The average Bonchev–Trinajstić information content (AvgIpc) is 3.00. The van der Waals surface area contributed by atoms with Gasteiger partial charge in [-0.3, -0.25) is 0 Å². The molecule has 0 spiro atoms. The zero-order valence-electron chi connectivity index (χ0n) is 13.0. The molecule has 0 aliphatic carbocycles. The number of benzene rings is 2. The summed E-state index contributed by atoms with van der Waals surface area (Å²) in [5, 5.41) is 0. The number of imidazole rings is 1. The lowest BCUT2D eigenvalue weighted by atomic mass is 10.2. The Labute approximate surface area is 141 Å². The number of rotatable bonds is 3. The maximum atomic E-state index is 5.98. The summed E-state index contributed by atoms with van der Waals surface area (Å²) in [5.74, 6) is 1.91. The molecule has 0 unspecified atom stereocenters. The van der Waals surface area contributed by atoms with Gasteiger partial charge in [0.05, 0.1) is 17.2 Å². The zero-order valence-corrected chi connectivity index (χ0v) is 13.0. The predicted octanol–water partition coefficient (Wildman–Crippen LogP) is 4.19. The highest BCUT2D eigenvalue weighted by Crippen LogP contribution is 2.26. The summed E-state index contributed by atoms with van der Waals surface area (Å²) >= 11 is 0. The van der Waals surface area contributed by atoms with Crippen LogP contribution in [0.1, 0.15) is 8.42 Å². The van der Waals surface area contributed by atoms with Crippen LogP contribution in [-0.4, -0.2) is 19.9 Å². The van der Waals surface area contributed by atoms with E-state index < -0.39 is 0 Å². The fraction of sp³-hybridized carbons (Fsp3) is 0.0556. The van der Waals surface area contributed by atoms with Gasteiger partial charge >= 0.3 is 0 Å². The van der Waals surface area contributed by atoms with Gasteiger partial charge in [0.15, 0.2) is 17.3 Å². The predicted molar refractivity (Wildman–Crippen MR) is 97.0 cm³/mol. The number of nitrogens with one attached hydrogen (secondary N) is 1. The van der Waals surface area contributed by atoms with E-state index in [2.05, 4.69) is 19.9 Å². The third-order valence-electron chi connectivity index (χ3n) is 3.61. The number of nitrogens with two attached hydrogens (primary N) is 1. The van der Waals surface area contributed by atoms with Crippen molar-refractivity contribution in [2.75, 3.05) is 5.73 Å². The summed E-state index contributed by atoms with van der Waals surface area (Å²) < 4.78 is 5.72. The maximum absolute atomic E-state index is 5.98. The van der Waals surface area contributed by atoms with Gasteiger partial charge in [0.25, 0.3) is 0 Å². The average molecular weight is 321 g/mol. The van der Waals surface area contributed by atoms with Crippen molar-refractivity contribution in [3.63, 3.8) is 0 Å². The molecule has 122 valence electrons. The molecule has 0 atom stereocenters. The molecule has 24 heavy (non-hydrogen) atoms. The van der Waals surface area contributed by atoms with Crippen molar-refractivity contribution in [3.05, 3.63) is 60.3 Å². The van der Waals surface area contributed by atoms with Gasteiger partial charge in [-0.2, -0.15) is 0 Å². The lowest BCUT2D eigenvalue weighted by Crippen LogP contribution is -2.00. The number of aromatic nitrogens is 4. The lowest BCUT2D eigenvalue weighted by Gasteiger charge is -2.06. The highest BCUT2D eigenvalue weighted by Gasteiger charge is 2.13. The Morgan fingerprint density at radius 2 is 1.92 bits per heavy atom. The normalized spacial score (nSPS) is 10.9. The number of para-hydroxylation sites is 1. The molecule has 0 saturated heterocycles. The van der Waals surface area contributed by atoms with Crippen molar-refractivity contribution < 1.29 is 7.59 Å². The smallest absolute Gasteiger partial charge is 0.238 e. The van der Waals surface area contributed by atoms with E-state index in [1.807, 2.05) is 55.5 Å². The summed E-state index contributed by atoms with van der Waals surface area (Å²) in [5.41, 5.74) is 9.38. The number of hydrogen-bond donors (Lipinski definition) is 2. The van der Waals surface area contributed by atoms with E-state index >= 15 is 0 Å². The third-order valence-corrected chi connectivity index (χ3v) is 3.61. The molecule has 4 rings (SSSR count). The second-order valence-corrected chi connectivity index (χ2v) is 5.46. The van der Waals surface area contributed by atoms with Gasteiger partial charge in [0, 0.05) is 2.85 Å². The first-order chi connectivity index (χ1) is 11.7. The minimum absolute atomic E-state index is 0. The van der Waals surface area contributed by atoms with Crippen LogP contribution in [0.4, 0.5) is 5.82 Å². The molecule has 0 radical (unpaired) electrons. The van der Waals surface area contributed by atoms with Crippen molar-refractivity contribution in [2.24, 2.45) is 0 Å². The van der Waals surface area contributed by atoms with Gasteiger partial charge in [-0.15, -0.1) is 0 Å². The zero-order chi connectivity index (χ0) is 16.5. The van der Waals surface area contributed by atoms with E-state index in [1.165, 1.54) is 6.20 Å². The minimum Gasteiger partial charge on any atom is -0.437 e. The van der Waals surface area contributed by atoms with Gasteiger partial charge in [0.2, 0.25) is 5.88 Å². The Hall–Kier alpha value is -3.41. The number of fused-ring (bicyclic) bond motifs is 1. The number of anilines is 1. The van der Waals surface area contributed by atoms with Crippen LogP contribution in [0.3, 0.4) is 0 Å². The lowest BCUT2D eigenvalue weighted by molar-refractivity contribution is 0.461. The highest BCUT2D eigenvalue weighted by atomic mass is 16.5. The molecule has 0 fully saturated rings. The number of aryl methyl sites for hydroxylation is 1. The molecule has 2 aromatic heterocycles. The molecular formula is C18H19N5O. The standard InChI is InChI=1S/C18H15N5O.2H2/c1-11-7-8-13-14(9-11)22-18(21-13)16-17(19)20-10-15(23-16)24-12-5-3-2-4-6-12;;/h2-10H,1H3,(H2,19,20)(H,21,22);2*1H. The maximum Gasteiger partial charge on any atom is 0.238 e. The second-order valence-electron chi connectivity index (χ2n) is 5.46. The number of aromatic amines is 1. The molecular weight excluding hydrogens is 302 g/mol. The van der Waals surface area contributed by atoms with Crippen LogP contribution in [0.5, 0.6) is 11.6 Å². The van der Waals surface area contributed by atoms with Crippen molar-refractivity contribution >= 4 is 16.9 Å². The van der Waals surface area contributed by atoms with Gasteiger partial charge in [-0.05, 0) is 36.8 Å². The monoisotopic (exact) mass is 321 g/mol. The van der Waals surface area contributed by atoms with Crippen molar-refractivity contribution in [2.45, 2.75) is 6.92 Å². The van der Waals surface area contributed by atoms with E-state index in [1.54, 1.807) is 0 Å². The molecule has 0 bridgehead atoms. The quantitative estimate of drug-likeness (QED) is 0.590.